The first-order valence-corrected chi connectivity index (χ1v) is 7.18. The fourth-order valence-corrected chi connectivity index (χ4v) is 1.59. The summed E-state index contributed by atoms with van der Waals surface area (Å²) < 4.78 is 10.7. The Morgan fingerprint density at radius 2 is 1.55 bits per heavy atom. The predicted molar refractivity (Wildman–Crippen MR) is 85.1 cm³/mol. The molecule has 0 amide bonds. The molecule has 118 valence electrons. The van der Waals surface area contributed by atoms with Crippen molar-refractivity contribution in [1.82, 2.24) is 0 Å². The quantitative estimate of drug-likeness (QED) is 0.593. The van der Waals surface area contributed by atoms with Crippen LogP contribution in [0.25, 0.3) is 0 Å². The summed E-state index contributed by atoms with van der Waals surface area (Å²) in [5.74, 6) is -0.836. The maximum atomic E-state index is 12.0. The van der Waals surface area contributed by atoms with Crippen molar-refractivity contribution < 1.29 is 19.1 Å². The van der Waals surface area contributed by atoms with Gasteiger partial charge in [-0.05, 0) is 33.3 Å². The SMILES string of the molecule is CC=C(C)C(=O)OCC(OC(=O)C(C)=CC)c1ccccc1. The zero-order valence-electron chi connectivity index (χ0n) is 13.5. The zero-order chi connectivity index (χ0) is 16.5. The molecule has 0 saturated carbocycles. The summed E-state index contributed by atoms with van der Waals surface area (Å²) in [6.45, 7) is 6.87. The van der Waals surface area contributed by atoms with E-state index in [9.17, 15) is 9.59 Å². The molecule has 0 saturated heterocycles. The molecule has 0 aromatic heterocycles. The average Bonchev–Trinajstić information content (AvgIpc) is 2.57. The summed E-state index contributed by atoms with van der Waals surface area (Å²) in [6, 6.07) is 9.23. The highest BCUT2D eigenvalue weighted by Gasteiger charge is 2.20. The Morgan fingerprint density at radius 3 is 2.09 bits per heavy atom. The molecule has 0 spiro atoms. The number of allylic oxidation sites excluding steroid dienone is 2. The lowest BCUT2D eigenvalue weighted by Gasteiger charge is -2.18. The molecule has 0 aliphatic carbocycles. The topological polar surface area (TPSA) is 52.6 Å². The minimum absolute atomic E-state index is 0.0171. The van der Waals surface area contributed by atoms with Crippen LogP contribution in [0.2, 0.25) is 0 Å². The van der Waals surface area contributed by atoms with Crippen molar-refractivity contribution in [3.63, 3.8) is 0 Å². The molecule has 0 aliphatic heterocycles. The van der Waals surface area contributed by atoms with Crippen molar-refractivity contribution in [2.24, 2.45) is 0 Å². The molecule has 1 atom stereocenters. The Kier molecular flexibility index (Phi) is 7.09. The number of esters is 2. The highest BCUT2D eigenvalue weighted by Crippen LogP contribution is 2.20. The van der Waals surface area contributed by atoms with E-state index in [1.165, 1.54) is 0 Å². The van der Waals surface area contributed by atoms with Crippen LogP contribution in [-0.4, -0.2) is 18.5 Å². The van der Waals surface area contributed by atoms with Crippen LogP contribution in [0.1, 0.15) is 39.4 Å². The normalized spacial score (nSPS) is 13.5. The summed E-state index contributed by atoms with van der Waals surface area (Å²) in [4.78, 5) is 23.7. The molecule has 22 heavy (non-hydrogen) atoms. The number of ether oxygens (including phenoxy) is 2. The van der Waals surface area contributed by atoms with E-state index >= 15 is 0 Å². The van der Waals surface area contributed by atoms with E-state index in [0.29, 0.717) is 11.1 Å². The van der Waals surface area contributed by atoms with Crippen LogP contribution in [0.15, 0.2) is 53.6 Å². The summed E-state index contributed by atoms with van der Waals surface area (Å²) in [7, 11) is 0. The third-order valence-electron chi connectivity index (χ3n) is 3.30. The van der Waals surface area contributed by atoms with Gasteiger partial charge in [0.05, 0.1) is 0 Å². The van der Waals surface area contributed by atoms with Gasteiger partial charge in [-0.3, -0.25) is 0 Å². The Bertz CT molecular complexity index is 570. The first-order chi connectivity index (χ1) is 10.5. The van der Waals surface area contributed by atoms with E-state index in [1.54, 1.807) is 39.8 Å². The van der Waals surface area contributed by atoms with Gasteiger partial charge in [-0.25, -0.2) is 9.59 Å². The Morgan fingerprint density at radius 1 is 1.00 bits per heavy atom. The molecule has 0 fully saturated rings. The molecule has 1 rings (SSSR count). The zero-order valence-corrected chi connectivity index (χ0v) is 13.5. The molecule has 4 nitrogen and oxygen atoms in total. The first kappa shape index (κ1) is 17.7. The van der Waals surface area contributed by atoms with Gasteiger partial charge in [-0.15, -0.1) is 0 Å². The van der Waals surface area contributed by atoms with Crippen molar-refractivity contribution in [2.75, 3.05) is 6.61 Å². The molecular formula is C18H22O4. The number of hydrogen-bond acceptors (Lipinski definition) is 4. The molecule has 1 unspecified atom stereocenters. The summed E-state index contributed by atoms with van der Waals surface area (Å²) in [5, 5.41) is 0. The second-order valence-corrected chi connectivity index (χ2v) is 4.85. The van der Waals surface area contributed by atoms with Crippen LogP contribution in [0.5, 0.6) is 0 Å². The second kappa shape index (κ2) is 8.82. The largest absolute Gasteiger partial charge is 0.458 e. The number of carbonyl (C=O) groups is 2. The number of hydrogen-bond donors (Lipinski definition) is 0. The summed E-state index contributed by atoms with van der Waals surface area (Å²) >= 11 is 0. The fraction of sp³-hybridized carbons (Fsp3) is 0.333. The van der Waals surface area contributed by atoms with Gasteiger partial charge in [0.25, 0.3) is 0 Å². The van der Waals surface area contributed by atoms with Crippen LogP contribution < -0.4 is 0 Å². The van der Waals surface area contributed by atoms with Gasteiger partial charge in [0.1, 0.15) is 6.61 Å². The average molecular weight is 302 g/mol. The van der Waals surface area contributed by atoms with E-state index < -0.39 is 18.0 Å². The van der Waals surface area contributed by atoms with Crippen LogP contribution in [0.4, 0.5) is 0 Å². The lowest BCUT2D eigenvalue weighted by atomic mass is 10.1. The first-order valence-electron chi connectivity index (χ1n) is 7.18. The molecule has 4 heteroatoms. The second-order valence-electron chi connectivity index (χ2n) is 4.85. The third kappa shape index (κ3) is 5.20. The molecular weight excluding hydrogens is 280 g/mol. The van der Waals surface area contributed by atoms with Gasteiger partial charge in [0, 0.05) is 11.1 Å². The molecule has 0 bridgehead atoms. The molecule has 0 aliphatic rings. The van der Waals surface area contributed by atoms with Crippen LogP contribution in [0.3, 0.4) is 0 Å². The molecule has 0 N–H and O–H groups in total. The van der Waals surface area contributed by atoms with E-state index in [0.717, 1.165) is 5.56 Å². The van der Waals surface area contributed by atoms with E-state index in [-0.39, 0.29) is 6.61 Å². The summed E-state index contributed by atoms with van der Waals surface area (Å²) in [5.41, 5.74) is 1.81. The monoisotopic (exact) mass is 302 g/mol. The smallest absolute Gasteiger partial charge is 0.334 e. The molecule has 0 heterocycles. The van der Waals surface area contributed by atoms with Crippen molar-refractivity contribution in [3.8, 4) is 0 Å². The predicted octanol–water partition coefficient (Wildman–Crippen LogP) is 3.75. The van der Waals surface area contributed by atoms with Crippen molar-refractivity contribution >= 4 is 11.9 Å². The van der Waals surface area contributed by atoms with Crippen LogP contribution in [-0.2, 0) is 19.1 Å². The highest BCUT2D eigenvalue weighted by atomic mass is 16.6. The van der Waals surface area contributed by atoms with E-state index in [1.807, 2.05) is 30.3 Å². The Balaban J connectivity index is 2.84. The van der Waals surface area contributed by atoms with Crippen molar-refractivity contribution in [1.29, 1.82) is 0 Å². The Hall–Kier alpha value is -2.36. The van der Waals surface area contributed by atoms with E-state index in [4.69, 9.17) is 9.47 Å². The number of rotatable bonds is 6. The maximum Gasteiger partial charge on any atom is 0.334 e. The van der Waals surface area contributed by atoms with Crippen LogP contribution >= 0.6 is 0 Å². The van der Waals surface area contributed by atoms with Gasteiger partial charge in [-0.2, -0.15) is 0 Å². The number of carbonyl (C=O) groups excluding carboxylic acids is 2. The van der Waals surface area contributed by atoms with E-state index in [2.05, 4.69) is 0 Å². The van der Waals surface area contributed by atoms with Crippen LogP contribution in [0, 0.1) is 0 Å². The number of benzene rings is 1. The van der Waals surface area contributed by atoms with Gasteiger partial charge in [0.15, 0.2) is 6.10 Å². The van der Waals surface area contributed by atoms with Gasteiger partial charge < -0.3 is 9.47 Å². The van der Waals surface area contributed by atoms with Crippen molar-refractivity contribution in [2.45, 2.75) is 33.8 Å². The standard InChI is InChI=1S/C18H22O4/c1-5-13(3)17(19)21-12-16(15-10-8-7-9-11-15)22-18(20)14(4)6-2/h5-11,16H,12H2,1-4H3. The minimum Gasteiger partial charge on any atom is -0.458 e. The summed E-state index contributed by atoms with van der Waals surface area (Å²) in [6.07, 6.45) is 2.73. The Labute approximate surface area is 131 Å². The molecule has 1 aromatic carbocycles. The highest BCUT2D eigenvalue weighted by molar-refractivity contribution is 5.88. The fourth-order valence-electron chi connectivity index (χ4n) is 1.59. The molecule has 0 radical (unpaired) electrons. The van der Waals surface area contributed by atoms with Gasteiger partial charge >= 0.3 is 11.9 Å². The van der Waals surface area contributed by atoms with Gasteiger partial charge in [0.2, 0.25) is 0 Å². The van der Waals surface area contributed by atoms with Gasteiger partial charge in [-0.1, -0.05) is 42.5 Å². The lowest BCUT2D eigenvalue weighted by Crippen LogP contribution is -2.19. The molecule has 1 aromatic rings. The maximum absolute atomic E-state index is 12.0. The minimum atomic E-state index is -0.628. The lowest BCUT2D eigenvalue weighted by molar-refractivity contribution is -0.154. The third-order valence-corrected chi connectivity index (χ3v) is 3.30. The van der Waals surface area contributed by atoms with Crippen molar-refractivity contribution in [3.05, 3.63) is 59.2 Å².